The van der Waals surface area contributed by atoms with Crippen LogP contribution >= 0.6 is 0 Å². The molecule has 0 saturated heterocycles. The molecule has 16 heteroatoms. The molecule has 96 heavy (non-hydrogen) atoms. The highest BCUT2D eigenvalue weighted by molar-refractivity contribution is 7.86. The Labute approximate surface area is 576 Å². The minimum atomic E-state index is -4.80. The van der Waals surface area contributed by atoms with Crippen molar-refractivity contribution in [1.29, 1.82) is 21.0 Å². The van der Waals surface area contributed by atoms with Gasteiger partial charge in [-0.3, -0.25) is 0 Å². The zero-order chi connectivity index (χ0) is 70.2. The largest absolute Gasteiger partial charge is 0.744 e. The van der Waals surface area contributed by atoms with Crippen molar-refractivity contribution in [3.05, 3.63) is 176 Å². The quantitative estimate of drug-likeness (QED) is 0.0236. The molecule has 0 aromatic heterocycles. The van der Waals surface area contributed by atoms with Crippen LogP contribution in [0.5, 0.6) is 0 Å². The lowest BCUT2D eigenvalue weighted by Crippen LogP contribution is -2.28. The van der Waals surface area contributed by atoms with E-state index in [1.807, 2.05) is 62.4 Å². The van der Waals surface area contributed by atoms with Gasteiger partial charge in [0, 0.05) is 123 Å². The Balaban J connectivity index is 0.000000348. The van der Waals surface area contributed by atoms with Gasteiger partial charge in [-0.05, 0) is 176 Å². The maximum atomic E-state index is 12.8. The molecule has 512 valence electrons. The first-order chi connectivity index (χ1) is 46.3. The van der Waals surface area contributed by atoms with E-state index >= 15 is 0 Å². The number of allylic oxidation sites excluding steroid dienone is 10. The van der Waals surface area contributed by atoms with Gasteiger partial charge >= 0.3 is 0 Å². The lowest BCUT2D eigenvalue weighted by Gasteiger charge is -2.31. The summed E-state index contributed by atoms with van der Waals surface area (Å²) in [6.45, 7) is 28.6. The number of hydrogen-bond acceptors (Lipinski definition) is 12. The molecule has 0 bridgehead atoms. The molecule has 14 nitrogen and oxygen atoms in total. The maximum Gasteiger partial charge on any atom is 0.206 e. The van der Waals surface area contributed by atoms with E-state index in [4.69, 9.17) is 21.0 Å². The van der Waals surface area contributed by atoms with E-state index in [0.29, 0.717) is 94.2 Å². The fourth-order valence-corrected chi connectivity index (χ4v) is 14.3. The van der Waals surface area contributed by atoms with Crippen LogP contribution in [-0.4, -0.2) is 98.9 Å². The Bertz CT molecular complexity index is 3870. The highest BCUT2D eigenvalue weighted by atomic mass is 32.2. The molecule has 0 N–H and O–H groups in total. The molecule has 2 aliphatic carbocycles. The summed E-state index contributed by atoms with van der Waals surface area (Å²) in [5, 5.41) is 36.3. The normalized spacial score (nSPS) is 13.5. The molecule has 0 unspecified atom stereocenters. The topological polar surface area (TPSA) is 222 Å². The number of nitrogens with zero attached hydrogens (tertiary/aromatic N) is 8. The van der Waals surface area contributed by atoms with E-state index in [1.54, 1.807) is 18.2 Å². The highest BCUT2D eigenvalue weighted by Crippen LogP contribution is 2.41. The lowest BCUT2D eigenvalue weighted by atomic mass is 9.83. The van der Waals surface area contributed by atoms with Crippen molar-refractivity contribution in [2.24, 2.45) is 0 Å². The van der Waals surface area contributed by atoms with Gasteiger partial charge in [0.1, 0.15) is 46.4 Å². The monoisotopic (exact) mass is 1340 g/mol. The van der Waals surface area contributed by atoms with Crippen LogP contribution in [-0.2, 0) is 33.1 Å². The molecule has 0 fully saturated rings. The average Bonchev–Trinajstić information content (AvgIpc) is 0.766. The number of unbranched alkanes of at least 4 members (excludes halogenated alkanes) is 8. The van der Waals surface area contributed by atoms with Crippen molar-refractivity contribution in [2.75, 3.05) is 62.2 Å². The van der Waals surface area contributed by atoms with Crippen LogP contribution in [0.2, 0.25) is 0 Å². The van der Waals surface area contributed by atoms with E-state index in [0.717, 1.165) is 154 Å². The molecule has 0 heterocycles. The van der Waals surface area contributed by atoms with Crippen molar-refractivity contribution in [3.8, 4) is 24.3 Å². The number of hydrogen-bond donors (Lipinski definition) is 0. The average molecular weight is 1340 g/mol. The van der Waals surface area contributed by atoms with Gasteiger partial charge in [0.05, 0.1) is 34.1 Å². The molecule has 4 aromatic rings. The minimum absolute atomic E-state index is 0.162. The van der Waals surface area contributed by atoms with Gasteiger partial charge in [-0.2, -0.15) is 21.0 Å². The second kappa shape index (κ2) is 40.6. The summed E-state index contributed by atoms with van der Waals surface area (Å²) >= 11 is 0. The molecule has 0 saturated carbocycles. The Morgan fingerprint density at radius 1 is 0.469 bits per heavy atom. The Hall–Kier alpha value is -7.96. The van der Waals surface area contributed by atoms with Gasteiger partial charge in [0.2, 0.25) is 11.4 Å². The van der Waals surface area contributed by atoms with Crippen molar-refractivity contribution >= 4 is 54.2 Å². The van der Waals surface area contributed by atoms with Crippen LogP contribution in [0.25, 0.3) is 11.1 Å². The Kier molecular flexibility index (Phi) is 33.3. The minimum Gasteiger partial charge on any atom is -0.744 e. The van der Waals surface area contributed by atoms with Gasteiger partial charge in [-0.25, -0.2) is 26.0 Å². The molecule has 4 aromatic carbocycles. The van der Waals surface area contributed by atoms with Gasteiger partial charge in [-0.15, -0.1) is 0 Å². The smallest absolute Gasteiger partial charge is 0.206 e. The summed E-state index contributed by atoms with van der Waals surface area (Å²) in [5.41, 5.74) is 17.2. The van der Waals surface area contributed by atoms with Crippen LogP contribution in [0.15, 0.2) is 147 Å². The molecular weight excluding hydrogens is 1230 g/mol. The number of aryl methyl sites for hydroxylation is 3. The Morgan fingerprint density at radius 3 is 1.32 bits per heavy atom. The number of nitriles is 4. The zero-order valence-electron chi connectivity index (χ0n) is 59.0. The summed E-state index contributed by atoms with van der Waals surface area (Å²) in [6.07, 6.45) is 27.5. The lowest BCUT2D eigenvalue weighted by molar-refractivity contribution is -0.528. The fourth-order valence-electron chi connectivity index (χ4n) is 12.9. The summed E-state index contributed by atoms with van der Waals surface area (Å²) in [5.74, 6) is 0. The SMILES string of the molecule is CC1=CC(=C(c2ccc(N(CCCC#N)CCCC#N)c(C)c2)c2ccccc2S(=O)(=O)[O-])C=CC1=[N+](CCCC#N)CCCC#N.CCCCN(CCCC)c1c(CC)cc(C(=C2C=C(CC)C(=[N+](CCCC)CCCC)C(CC)=C2)c2ccccc2S(=O)(=O)[O-])cc1CC. The third-order valence-corrected chi connectivity index (χ3v) is 19.6. The van der Waals surface area contributed by atoms with Crippen LogP contribution in [0, 0.1) is 52.2 Å². The third-order valence-electron chi connectivity index (χ3n) is 17.8. The summed E-state index contributed by atoms with van der Waals surface area (Å²) in [6, 6.07) is 32.2. The number of anilines is 2. The predicted molar refractivity (Wildman–Crippen MR) is 390 cm³/mol. The molecule has 0 aliphatic heterocycles. The van der Waals surface area contributed by atoms with Gasteiger partial charge < -0.3 is 18.9 Å². The molecule has 6 rings (SSSR count). The molecular formula is C80H104N8O6S2. The number of benzene rings is 4. The molecule has 0 amide bonds. The van der Waals surface area contributed by atoms with E-state index in [1.165, 1.54) is 51.9 Å². The summed E-state index contributed by atoms with van der Waals surface area (Å²) < 4.78 is 80.6. The van der Waals surface area contributed by atoms with Gasteiger partial charge in [0.15, 0.2) is 0 Å². The molecule has 2 aliphatic rings. The van der Waals surface area contributed by atoms with Crippen molar-refractivity contribution in [2.45, 2.75) is 207 Å². The Morgan fingerprint density at radius 2 is 0.906 bits per heavy atom. The molecule has 0 radical (unpaired) electrons. The van der Waals surface area contributed by atoms with Crippen LogP contribution in [0.3, 0.4) is 0 Å². The first-order valence-electron chi connectivity index (χ1n) is 35.2. The van der Waals surface area contributed by atoms with Crippen LogP contribution < -0.4 is 9.80 Å². The standard InChI is InChI=1S/C43H64N2O3S.C37H40N6O3S/c1-9-17-25-44(26-18-10-2)42-33(13-5)29-37(30-34(42)14-6)41(39-23-21-22-24-40(39)49(46,47)48)38-31-35(15-7)43(36(16-8)32-38)45(27-19-11-3)28-20-12-4;1-29-27-31(15-17-34(29)42(23-9-5-19-38)24-10-6-20-39)37(33-13-3-4-14-36(33)47(44,45)46)32-16-18-35(30(2)28-32)43(25-11-7-21-40)26-12-8-22-41/h21-24,29-32H,9-20,25-28H2,1-8H3;3-4,13-18,27-28H,5-12,23-26H2,1-2H3. The van der Waals surface area contributed by atoms with Crippen molar-refractivity contribution < 1.29 is 35.1 Å². The van der Waals surface area contributed by atoms with E-state index in [-0.39, 0.29) is 9.79 Å². The van der Waals surface area contributed by atoms with Gasteiger partial charge in [0.25, 0.3) is 0 Å². The predicted octanol–water partition coefficient (Wildman–Crippen LogP) is 17.4. The fraction of sp³-hybridized carbons (Fsp3) is 0.475. The number of rotatable bonds is 36. The summed E-state index contributed by atoms with van der Waals surface area (Å²) in [7, 11) is -9.53. The molecule has 0 atom stereocenters. The second-order valence-corrected chi connectivity index (χ2v) is 27.5. The van der Waals surface area contributed by atoms with E-state index in [2.05, 4.69) is 123 Å². The van der Waals surface area contributed by atoms with Crippen molar-refractivity contribution in [3.63, 3.8) is 0 Å². The first kappa shape index (κ1) is 78.7. The molecule has 0 spiro atoms. The van der Waals surface area contributed by atoms with Crippen LogP contribution in [0.4, 0.5) is 11.4 Å². The third kappa shape index (κ3) is 22.0. The zero-order valence-corrected chi connectivity index (χ0v) is 60.7. The van der Waals surface area contributed by atoms with E-state index in [9.17, 15) is 25.9 Å². The van der Waals surface area contributed by atoms with Crippen molar-refractivity contribution in [1.82, 2.24) is 0 Å². The highest BCUT2D eigenvalue weighted by Gasteiger charge is 2.30. The maximum absolute atomic E-state index is 12.8. The first-order valence-corrected chi connectivity index (χ1v) is 38.0. The second-order valence-electron chi connectivity index (χ2n) is 24.8. The van der Waals surface area contributed by atoms with Crippen LogP contribution in [0.1, 0.15) is 217 Å². The summed E-state index contributed by atoms with van der Waals surface area (Å²) in [4.78, 5) is 4.30. The van der Waals surface area contributed by atoms with Gasteiger partial charge in [-0.1, -0.05) is 124 Å². The van der Waals surface area contributed by atoms with E-state index < -0.39 is 20.2 Å².